The van der Waals surface area contributed by atoms with Gasteiger partial charge in [-0.3, -0.25) is 14.5 Å². The van der Waals surface area contributed by atoms with Gasteiger partial charge in [0, 0.05) is 36.8 Å². The molecule has 1 aromatic rings. The Morgan fingerprint density at radius 1 is 1.39 bits per heavy atom. The van der Waals surface area contributed by atoms with Gasteiger partial charge in [-0.05, 0) is 30.5 Å². The number of benzene rings is 1. The van der Waals surface area contributed by atoms with Gasteiger partial charge in [0.1, 0.15) is 11.2 Å². The van der Waals surface area contributed by atoms with Gasteiger partial charge in [-0.25, -0.2) is 4.79 Å². The van der Waals surface area contributed by atoms with Gasteiger partial charge in [0.25, 0.3) is 6.47 Å². The Morgan fingerprint density at radius 2 is 2.11 bits per heavy atom. The van der Waals surface area contributed by atoms with E-state index in [1.807, 2.05) is 4.90 Å². The first-order valence-electron chi connectivity index (χ1n) is 8.56. The predicted molar refractivity (Wildman–Crippen MR) is 97.5 cm³/mol. The fraction of sp³-hybridized carbons (Fsp3) is 0.500. The van der Waals surface area contributed by atoms with E-state index in [2.05, 4.69) is 0 Å². The van der Waals surface area contributed by atoms with Crippen LogP contribution in [0.5, 0.6) is 5.75 Å². The van der Waals surface area contributed by atoms with Crippen molar-refractivity contribution in [1.82, 2.24) is 4.90 Å². The summed E-state index contributed by atoms with van der Waals surface area (Å²) in [4.78, 5) is 33.0. The maximum absolute atomic E-state index is 11.8. The fourth-order valence-electron chi connectivity index (χ4n) is 3.71. The summed E-state index contributed by atoms with van der Waals surface area (Å²) in [6.07, 6.45) is 0.723. The molecule has 0 saturated carbocycles. The first kappa shape index (κ1) is 21.9. The summed E-state index contributed by atoms with van der Waals surface area (Å²) in [7, 11) is 0. The topological polar surface area (TPSA) is 134 Å². The molecule has 0 aromatic heterocycles. The number of ether oxygens (including phenoxy) is 2. The van der Waals surface area contributed by atoms with E-state index in [1.54, 1.807) is 18.2 Å². The van der Waals surface area contributed by atoms with Crippen LogP contribution in [0.2, 0.25) is 5.02 Å². The molecule has 0 amide bonds. The third kappa shape index (κ3) is 5.12. The van der Waals surface area contributed by atoms with Crippen molar-refractivity contribution in [1.29, 1.82) is 0 Å². The number of hydrogen-bond acceptors (Lipinski definition) is 6. The van der Waals surface area contributed by atoms with E-state index < -0.39 is 24.0 Å². The molecule has 3 rings (SSSR count). The molecule has 0 aliphatic carbocycles. The SMILES string of the molecule is O=C(O)COc1ccc(Cl)cc1CN1C[C@@H]2CCOC[C@]2(C(=O)O)C1.O=CO. The van der Waals surface area contributed by atoms with Crippen molar-refractivity contribution in [3.05, 3.63) is 28.8 Å². The zero-order chi connectivity index (χ0) is 20.7. The largest absolute Gasteiger partial charge is 0.483 e. The number of hydrogen-bond donors (Lipinski definition) is 3. The summed E-state index contributed by atoms with van der Waals surface area (Å²) < 4.78 is 10.8. The highest BCUT2D eigenvalue weighted by molar-refractivity contribution is 6.30. The van der Waals surface area contributed by atoms with Gasteiger partial charge in [0.2, 0.25) is 0 Å². The molecule has 1 aromatic carbocycles. The van der Waals surface area contributed by atoms with Gasteiger partial charge < -0.3 is 24.8 Å². The molecule has 28 heavy (non-hydrogen) atoms. The molecule has 2 aliphatic heterocycles. The summed E-state index contributed by atoms with van der Waals surface area (Å²) in [5.41, 5.74) is -0.132. The average molecular weight is 416 g/mol. The predicted octanol–water partition coefficient (Wildman–Crippen LogP) is 1.43. The van der Waals surface area contributed by atoms with Crippen molar-refractivity contribution in [2.75, 3.05) is 32.9 Å². The molecule has 0 unspecified atom stereocenters. The van der Waals surface area contributed by atoms with Crippen LogP contribution in [0, 0.1) is 11.3 Å². The molecule has 2 saturated heterocycles. The summed E-state index contributed by atoms with van der Waals surface area (Å²) >= 11 is 6.06. The van der Waals surface area contributed by atoms with E-state index >= 15 is 0 Å². The second-order valence-corrected chi connectivity index (χ2v) is 7.15. The minimum absolute atomic E-state index is 0.0429. The highest BCUT2D eigenvalue weighted by Crippen LogP contribution is 2.42. The summed E-state index contributed by atoms with van der Waals surface area (Å²) in [6.45, 7) is 1.60. The number of carbonyl (C=O) groups is 3. The van der Waals surface area contributed by atoms with Crippen LogP contribution in [0.25, 0.3) is 0 Å². The molecular formula is C18H22ClNO8. The van der Waals surface area contributed by atoms with Gasteiger partial charge in [-0.15, -0.1) is 0 Å². The average Bonchev–Trinajstić information content (AvgIpc) is 3.01. The van der Waals surface area contributed by atoms with Crippen molar-refractivity contribution < 1.29 is 39.2 Å². The van der Waals surface area contributed by atoms with Gasteiger partial charge in [-0.2, -0.15) is 0 Å². The third-order valence-electron chi connectivity index (χ3n) is 4.93. The molecule has 154 valence electrons. The lowest BCUT2D eigenvalue weighted by Crippen LogP contribution is -2.46. The molecule has 3 N–H and O–H groups in total. The molecule has 0 spiro atoms. The smallest absolute Gasteiger partial charge is 0.341 e. The van der Waals surface area contributed by atoms with Gasteiger partial charge in [0.15, 0.2) is 6.61 Å². The van der Waals surface area contributed by atoms with Crippen LogP contribution in [-0.4, -0.2) is 71.5 Å². The number of fused-ring (bicyclic) bond motifs is 1. The molecule has 2 atom stereocenters. The molecule has 2 heterocycles. The lowest BCUT2D eigenvalue weighted by Gasteiger charge is -2.34. The highest BCUT2D eigenvalue weighted by Gasteiger charge is 2.54. The van der Waals surface area contributed by atoms with Gasteiger partial charge >= 0.3 is 11.9 Å². The summed E-state index contributed by atoms with van der Waals surface area (Å²) in [5.74, 6) is -1.40. The van der Waals surface area contributed by atoms with Crippen LogP contribution in [0.3, 0.4) is 0 Å². The first-order valence-corrected chi connectivity index (χ1v) is 8.94. The Bertz CT molecular complexity index is 728. The van der Waals surface area contributed by atoms with Crippen molar-refractivity contribution in [2.24, 2.45) is 11.3 Å². The lowest BCUT2D eigenvalue weighted by atomic mass is 9.76. The number of likely N-dealkylation sites (tertiary alicyclic amines) is 1. The lowest BCUT2D eigenvalue weighted by molar-refractivity contribution is -0.159. The molecular weight excluding hydrogens is 394 g/mol. The Kier molecular flexibility index (Phi) is 7.61. The van der Waals surface area contributed by atoms with E-state index in [-0.39, 0.29) is 19.0 Å². The third-order valence-corrected chi connectivity index (χ3v) is 5.16. The van der Waals surface area contributed by atoms with Crippen LogP contribution < -0.4 is 4.74 Å². The van der Waals surface area contributed by atoms with E-state index in [4.69, 9.17) is 36.1 Å². The number of aliphatic carboxylic acids is 2. The zero-order valence-corrected chi connectivity index (χ0v) is 15.8. The molecule has 2 aliphatic rings. The maximum atomic E-state index is 11.8. The second kappa shape index (κ2) is 9.72. The van der Waals surface area contributed by atoms with Crippen molar-refractivity contribution >= 4 is 30.0 Å². The fourth-order valence-corrected chi connectivity index (χ4v) is 3.90. The first-order chi connectivity index (χ1) is 13.3. The van der Waals surface area contributed by atoms with E-state index in [0.29, 0.717) is 37.0 Å². The number of halogens is 1. The highest BCUT2D eigenvalue weighted by atomic mass is 35.5. The summed E-state index contributed by atoms with van der Waals surface area (Å²) in [6, 6.07) is 5.00. The van der Waals surface area contributed by atoms with Crippen molar-refractivity contribution in [3.8, 4) is 5.75 Å². The number of carboxylic acid groups (broad SMARTS) is 3. The Morgan fingerprint density at radius 3 is 2.71 bits per heavy atom. The molecule has 0 radical (unpaired) electrons. The Balaban J connectivity index is 0.000000878. The normalized spacial score (nSPS) is 23.8. The molecule has 10 heteroatoms. The Labute approximate surface area is 166 Å². The molecule has 9 nitrogen and oxygen atoms in total. The van der Waals surface area contributed by atoms with Crippen molar-refractivity contribution in [2.45, 2.75) is 13.0 Å². The second-order valence-electron chi connectivity index (χ2n) is 6.71. The number of carboxylic acids is 2. The quantitative estimate of drug-likeness (QED) is 0.589. The zero-order valence-electron chi connectivity index (χ0n) is 15.0. The standard InChI is InChI=1S/C17H20ClNO6.CH2O2/c18-13-1-2-14(25-8-15(20)21)11(5-13)6-19-7-12-3-4-24-10-17(12,9-19)16(22)23;2-1-3/h1-2,5,12H,3-4,6-10H2,(H,20,21)(H,22,23);1H,(H,2,3)/t12-,17+;/m0./s1. The summed E-state index contributed by atoms with van der Waals surface area (Å²) in [5, 5.41) is 25.9. The number of nitrogens with zero attached hydrogens (tertiary/aromatic N) is 1. The maximum Gasteiger partial charge on any atom is 0.341 e. The molecule has 2 fully saturated rings. The van der Waals surface area contributed by atoms with Crippen LogP contribution in [-0.2, 0) is 25.7 Å². The monoisotopic (exact) mass is 415 g/mol. The van der Waals surface area contributed by atoms with Gasteiger partial charge in [-0.1, -0.05) is 11.6 Å². The van der Waals surface area contributed by atoms with Crippen LogP contribution in [0.15, 0.2) is 18.2 Å². The Hall–Kier alpha value is -2.36. The van der Waals surface area contributed by atoms with Crippen molar-refractivity contribution in [3.63, 3.8) is 0 Å². The minimum atomic E-state index is -1.06. The van der Waals surface area contributed by atoms with E-state index in [9.17, 15) is 14.7 Å². The van der Waals surface area contributed by atoms with Crippen LogP contribution >= 0.6 is 11.6 Å². The van der Waals surface area contributed by atoms with E-state index in [0.717, 1.165) is 12.0 Å². The van der Waals surface area contributed by atoms with Crippen LogP contribution in [0.4, 0.5) is 0 Å². The minimum Gasteiger partial charge on any atom is -0.483 e. The molecule has 0 bridgehead atoms. The van der Waals surface area contributed by atoms with E-state index in [1.165, 1.54) is 0 Å². The number of rotatable bonds is 6. The van der Waals surface area contributed by atoms with Gasteiger partial charge in [0.05, 0.1) is 6.61 Å². The van der Waals surface area contributed by atoms with Crippen LogP contribution in [0.1, 0.15) is 12.0 Å².